The van der Waals surface area contributed by atoms with Crippen LogP contribution in [-0.2, 0) is 11.3 Å². The van der Waals surface area contributed by atoms with Gasteiger partial charge in [-0.15, -0.1) is 10.2 Å². The van der Waals surface area contributed by atoms with Gasteiger partial charge in [-0.1, -0.05) is 0 Å². The maximum Gasteiger partial charge on any atom is 0.244 e. The normalized spacial score (nSPS) is 14.2. The highest BCUT2D eigenvalue weighted by atomic mass is 16.2. The van der Waals surface area contributed by atoms with E-state index in [0.29, 0.717) is 18.9 Å². The van der Waals surface area contributed by atoms with Crippen LogP contribution in [0, 0.1) is 6.92 Å². The minimum Gasteiger partial charge on any atom is -0.352 e. The Morgan fingerprint density at radius 3 is 2.61 bits per heavy atom. The first-order valence-corrected chi connectivity index (χ1v) is 9.21. The number of amides is 1. The van der Waals surface area contributed by atoms with E-state index in [-0.39, 0.29) is 12.5 Å². The topological polar surface area (TPSA) is 92.1 Å². The largest absolute Gasteiger partial charge is 0.352 e. The summed E-state index contributed by atoms with van der Waals surface area (Å²) in [4.78, 5) is 20.6. The van der Waals surface area contributed by atoms with Crippen LogP contribution in [-0.4, -0.2) is 61.9 Å². The molecule has 1 fully saturated rings. The molecule has 4 heterocycles. The molecular weight excluding hydrogens is 356 g/mol. The third-order valence-electron chi connectivity index (χ3n) is 4.63. The maximum atomic E-state index is 12.4. The first kappa shape index (κ1) is 17.9. The Morgan fingerprint density at radius 1 is 1.07 bits per heavy atom. The minimum atomic E-state index is 0.0830. The molecular formula is C19H22N8O. The molecule has 1 N–H and O–H groups in total. The van der Waals surface area contributed by atoms with Crippen LogP contribution < -0.4 is 10.2 Å². The number of carbonyl (C=O) groups excluding carboxylic acids is 1. The molecule has 0 aliphatic carbocycles. The zero-order valence-electron chi connectivity index (χ0n) is 15.7. The molecule has 0 spiro atoms. The number of rotatable bonds is 5. The number of hydrogen-bond donors (Lipinski definition) is 1. The Morgan fingerprint density at radius 2 is 1.93 bits per heavy atom. The smallest absolute Gasteiger partial charge is 0.244 e. The van der Waals surface area contributed by atoms with Crippen molar-refractivity contribution < 1.29 is 4.79 Å². The SMILES string of the molecule is Cc1ccnc(Nc2ccc(N3CCN(C(=O)Cn4cccn4)CC3)nn2)c1. The predicted molar refractivity (Wildman–Crippen MR) is 105 cm³/mol. The van der Waals surface area contributed by atoms with Crippen molar-refractivity contribution in [2.45, 2.75) is 13.5 Å². The second-order valence-corrected chi connectivity index (χ2v) is 6.69. The van der Waals surface area contributed by atoms with Crippen molar-refractivity contribution >= 4 is 23.4 Å². The van der Waals surface area contributed by atoms with Crippen LogP contribution in [0.25, 0.3) is 0 Å². The Bertz CT molecular complexity index is 917. The lowest BCUT2D eigenvalue weighted by Gasteiger charge is -2.35. The Kier molecular flexibility index (Phi) is 5.14. The summed E-state index contributed by atoms with van der Waals surface area (Å²) in [6.07, 6.45) is 5.23. The van der Waals surface area contributed by atoms with Crippen LogP contribution in [0.2, 0.25) is 0 Å². The van der Waals surface area contributed by atoms with Gasteiger partial charge >= 0.3 is 0 Å². The monoisotopic (exact) mass is 378 g/mol. The maximum absolute atomic E-state index is 12.4. The van der Waals surface area contributed by atoms with Gasteiger partial charge in [0.05, 0.1) is 0 Å². The second-order valence-electron chi connectivity index (χ2n) is 6.69. The van der Waals surface area contributed by atoms with Crippen LogP contribution in [0.4, 0.5) is 17.5 Å². The van der Waals surface area contributed by atoms with Crippen molar-refractivity contribution in [2.24, 2.45) is 0 Å². The van der Waals surface area contributed by atoms with E-state index in [0.717, 1.165) is 30.3 Å². The van der Waals surface area contributed by atoms with Gasteiger partial charge in [-0.3, -0.25) is 9.48 Å². The Labute approximate surface area is 163 Å². The van der Waals surface area contributed by atoms with Gasteiger partial charge in [0.25, 0.3) is 0 Å². The van der Waals surface area contributed by atoms with Crippen LogP contribution in [0.15, 0.2) is 48.9 Å². The summed E-state index contributed by atoms with van der Waals surface area (Å²) in [5, 5.41) is 15.8. The Hall–Kier alpha value is -3.49. The van der Waals surface area contributed by atoms with Crippen LogP contribution >= 0.6 is 0 Å². The molecule has 0 unspecified atom stereocenters. The van der Waals surface area contributed by atoms with E-state index in [1.54, 1.807) is 23.3 Å². The van der Waals surface area contributed by atoms with E-state index in [9.17, 15) is 4.79 Å². The summed E-state index contributed by atoms with van der Waals surface area (Å²) in [5.41, 5.74) is 1.13. The van der Waals surface area contributed by atoms with Gasteiger partial charge in [0.2, 0.25) is 5.91 Å². The highest BCUT2D eigenvalue weighted by Crippen LogP contribution is 2.17. The third-order valence-corrected chi connectivity index (χ3v) is 4.63. The number of nitrogens with one attached hydrogen (secondary N) is 1. The van der Waals surface area contributed by atoms with E-state index in [2.05, 4.69) is 30.5 Å². The first-order chi connectivity index (χ1) is 13.7. The van der Waals surface area contributed by atoms with E-state index in [4.69, 9.17) is 0 Å². The molecule has 9 heteroatoms. The molecule has 0 saturated carbocycles. The number of piperazine rings is 1. The summed E-state index contributed by atoms with van der Waals surface area (Å²) in [7, 11) is 0. The van der Waals surface area contributed by atoms with Crippen molar-refractivity contribution in [1.82, 2.24) is 29.9 Å². The van der Waals surface area contributed by atoms with E-state index < -0.39 is 0 Å². The molecule has 4 rings (SSSR count). The minimum absolute atomic E-state index is 0.0830. The fourth-order valence-electron chi connectivity index (χ4n) is 3.11. The van der Waals surface area contributed by atoms with Crippen LogP contribution in [0.5, 0.6) is 0 Å². The third kappa shape index (κ3) is 4.25. The molecule has 1 amide bonds. The fourth-order valence-corrected chi connectivity index (χ4v) is 3.11. The van der Waals surface area contributed by atoms with Gasteiger partial charge in [0.15, 0.2) is 11.6 Å². The summed E-state index contributed by atoms with van der Waals surface area (Å²) in [6.45, 7) is 5.07. The van der Waals surface area contributed by atoms with Gasteiger partial charge in [0.1, 0.15) is 12.4 Å². The number of nitrogens with zero attached hydrogens (tertiary/aromatic N) is 7. The molecule has 3 aromatic heterocycles. The summed E-state index contributed by atoms with van der Waals surface area (Å²) in [6, 6.07) is 9.54. The molecule has 9 nitrogen and oxygen atoms in total. The van der Waals surface area contributed by atoms with Crippen molar-refractivity contribution in [3.63, 3.8) is 0 Å². The number of aromatic nitrogens is 5. The summed E-state index contributed by atoms with van der Waals surface area (Å²) >= 11 is 0. The molecule has 3 aromatic rings. The summed E-state index contributed by atoms with van der Waals surface area (Å²) in [5.74, 6) is 2.28. The quantitative estimate of drug-likeness (QED) is 0.719. The number of pyridine rings is 1. The fraction of sp³-hybridized carbons (Fsp3) is 0.316. The molecule has 0 bridgehead atoms. The van der Waals surface area contributed by atoms with Gasteiger partial charge in [0, 0.05) is 44.8 Å². The van der Waals surface area contributed by atoms with Crippen molar-refractivity contribution in [2.75, 3.05) is 36.4 Å². The van der Waals surface area contributed by atoms with E-state index in [1.165, 1.54) is 0 Å². The average Bonchev–Trinajstić information content (AvgIpc) is 3.22. The highest BCUT2D eigenvalue weighted by Gasteiger charge is 2.22. The van der Waals surface area contributed by atoms with E-state index >= 15 is 0 Å². The second kappa shape index (κ2) is 8.03. The lowest BCUT2D eigenvalue weighted by molar-refractivity contribution is -0.132. The molecule has 1 aliphatic rings. The molecule has 1 saturated heterocycles. The van der Waals surface area contributed by atoms with Crippen molar-refractivity contribution in [3.8, 4) is 0 Å². The van der Waals surface area contributed by atoms with Gasteiger partial charge in [-0.05, 0) is 42.8 Å². The van der Waals surface area contributed by atoms with Gasteiger partial charge in [-0.25, -0.2) is 4.98 Å². The lowest BCUT2D eigenvalue weighted by atomic mass is 10.3. The predicted octanol–water partition coefficient (Wildman–Crippen LogP) is 1.47. The van der Waals surface area contributed by atoms with Crippen molar-refractivity contribution in [1.29, 1.82) is 0 Å². The summed E-state index contributed by atoms with van der Waals surface area (Å²) < 4.78 is 1.65. The molecule has 144 valence electrons. The zero-order chi connectivity index (χ0) is 19.3. The molecule has 0 atom stereocenters. The Balaban J connectivity index is 1.31. The zero-order valence-corrected chi connectivity index (χ0v) is 15.7. The first-order valence-electron chi connectivity index (χ1n) is 9.21. The average molecular weight is 378 g/mol. The van der Waals surface area contributed by atoms with Crippen LogP contribution in [0.1, 0.15) is 5.56 Å². The van der Waals surface area contributed by atoms with Crippen LogP contribution in [0.3, 0.4) is 0 Å². The molecule has 0 radical (unpaired) electrons. The van der Waals surface area contributed by atoms with E-state index in [1.807, 2.05) is 42.2 Å². The number of anilines is 3. The number of hydrogen-bond acceptors (Lipinski definition) is 7. The molecule has 1 aliphatic heterocycles. The van der Waals surface area contributed by atoms with Crippen molar-refractivity contribution in [3.05, 3.63) is 54.5 Å². The molecule has 0 aromatic carbocycles. The molecule has 28 heavy (non-hydrogen) atoms. The lowest BCUT2D eigenvalue weighted by Crippen LogP contribution is -2.49. The van der Waals surface area contributed by atoms with Gasteiger partial charge in [-0.2, -0.15) is 5.10 Å². The highest BCUT2D eigenvalue weighted by molar-refractivity contribution is 5.76. The number of aryl methyl sites for hydroxylation is 1. The van der Waals surface area contributed by atoms with Gasteiger partial charge < -0.3 is 15.1 Å². The standard InChI is InChI=1S/C19H22N8O/c1-15-5-7-20-17(13-15)22-16-3-4-18(24-23-16)25-9-11-26(12-10-25)19(28)14-27-8-2-6-21-27/h2-8,13H,9-12,14H2,1H3,(H,20,22,23). The number of carbonyl (C=O) groups is 1.